The molecule has 0 aliphatic heterocycles. The molecule has 0 radical (unpaired) electrons. The monoisotopic (exact) mass is 282 g/mol. The van der Waals surface area contributed by atoms with Gasteiger partial charge in [-0.1, -0.05) is 0 Å². The summed E-state index contributed by atoms with van der Waals surface area (Å²) in [5, 5.41) is 3.08. The van der Waals surface area contributed by atoms with Gasteiger partial charge in [0.1, 0.15) is 0 Å². The minimum atomic E-state index is -0.167. The number of carbonyl (C=O) groups is 2. The number of methoxy groups -OCH3 is 1. The van der Waals surface area contributed by atoms with Crippen molar-refractivity contribution in [2.45, 2.75) is 45.2 Å². The lowest BCUT2D eigenvalue weighted by Crippen LogP contribution is -2.50. The van der Waals surface area contributed by atoms with Gasteiger partial charge in [0.25, 0.3) is 0 Å². The fourth-order valence-corrected chi connectivity index (χ4v) is 3.61. The van der Waals surface area contributed by atoms with Gasteiger partial charge in [0.05, 0.1) is 19.6 Å². The Morgan fingerprint density at radius 3 is 2.55 bits per heavy atom. The molecule has 0 heterocycles. The summed E-state index contributed by atoms with van der Waals surface area (Å²) >= 11 is 0. The number of esters is 1. The van der Waals surface area contributed by atoms with Gasteiger partial charge in [-0.3, -0.25) is 14.5 Å². The Kier molecular flexibility index (Phi) is 4.68. The van der Waals surface area contributed by atoms with E-state index in [9.17, 15) is 9.59 Å². The first-order valence-electron chi connectivity index (χ1n) is 7.51. The van der Waals surface area contributed by atoms with Crippen molar-refractivity contribution < 1.29 is 14.3 Å². The Morgan fingerprint density at radius 1 is 1.30 bits per heavy atom. The average molecular weight is 282 g/mol. The number of hydrogen-bond acceptors (Lipinski definition) is 4. The SMILES string of the molecule is COC(=O)C1C2CCC(C2)C1NC(=O)CN(C)C(C)C. The fourth-order valence-electron chi connectivity index (χ4n) is 3.61. The Labute approximate surface area is 121 Å². The summed E-state index contributed by atoms with van der Waals surface area (Å²) in [4.78, 5) is 26.1. The maximum Gasteiger partial charge on any atom is 0.311 e. The van der Waals surface area contributed by atoms with E-state index in [0.29, 0.717) is 24.4 Å². The number of nitrogens with one attached hydrogen (secondary N) is 1. The van der Waals surface area contributed by atoms with Crippen molar-refractivity contribution >= 4 is 11.9 Å². The Morgan fingerprint density at radius 2 is 1.95 bits per heavy atom. The standard InChI is InChI=1S/C15H26N2O3/c1-9(2)17(3)8-12(18)16-14-11-6-5-10(7-11)13(14)15(19)20-4/h9-11,13-14H,5-8H2,1-4H3,(H,16,18). The Hall–Kier alpha value is -1.10. The highest BCUT2D eigenvalue weighted by atomic mass is 16.5. The van der Waals surface area contributed by atoms with Gasteiger partial charge in [0.2, 0.25) is 5.91 Å². The molecule has 0 aromatic heterocycles. The highest BCUT2D eigenvalue weighted by molar-refractivity contribution is 5.80. The Bertz CT molecular complexity index is 383. The molecule has 5 heteroatoms. The normalized spacial score (nSPS) is 31.9. The minimum Gasteiger partial charge on any atom is -0.469 e. The maximum absolute atomic E-state index is 12.1. The summed E-state index contributed by atoms with van der Waals surface area (Å²) in [5.74, 6) is 0.525. The zero-order chi connectivity index (χ0) is 14.9. The van der Waals surface area contributed by atoms with Crippen LogP contribution in [0.2, 0.25) is 0 Å². The third kappa shape index (κ3) is 2.97. The average Bonchev–Trinajstić information content (AvgIpc) is 2.98. The maximum atomic E-state index is 12.1. The van der Waals surface area contributed by atoms with Gasteiger partial charge in [0, 0.05) is 12.1 Å². The van der Waals surface area contributed by atoms with Crippen LogP contribution in [-0.2, 0) is 14.3 Å². The van der Waals surface area contributed by atoms with Gasteiger partial charge in [-0.05, 0) is 52.0 Å². The molecule has 2 bridgehead atoms. The van der Waals surface area contributed by atoms with Crippen LogP contribution in [0.15, 0.2) is 0 Å². The van der Waals surface area contributed by atoms with E-state index in [1.807, 2.05) is 11.9 Å². The number of carbonyl (C=O) groups excluding carboxylic acids is 2. The van der Waals surface area contributed by atoms with E-state index < -0.39 is 0 Å². The predicted molar refractivity (Wildman–Crippen MR) is 76.0 cm³/mol. The molecule has 4 unspecified atom stereocenters. The van der Waals surface area contributed by atoms with E-state index in [1.165, 1.54) is 7.11 Å². The topological polar surface area (TPSA) is 58.6 Å². The zero-order valence-electron chi connectivity index (χ0n) is 12.9. The Balaban J connectivity index is 1.96. The zero-order valence-corrected chi connectivity index (χ0v) is 12.9. The first-order chi connectivity index (χ1) is 9.43. The summed E-state index contributed by atoms with van der Waals surface area (Å²) in [5.41, 5.74) is 0. The highest BCUT2D eigenvalue weighted by Crippen LogP contribution is 2.48. The molecular formula is C15H26N2O3. The van der Waals surface area contributed by atoms with Crippen molar-refractivity contribution in [1.29, 1.82) is 0 Å². The fraction of sp³-hybridized carbons (Fsp3) is 0.867. The number of ether oxygens (including phenoxy) is 1. The number of fused-ring (bicyclic) bond motifs is 2. The number of nitrogens with zero attached hydrogens (tertiary/aromatic N) is 1. The molecule has 114 valence electrons. The predicted octanol–water partition coefficient (Wildman–Crippen LogP) is 1.03. The van der Waals surface area contributed by atoms with Crippen LogP contribution in [0, 0.1) is 17.8 Å². The molecule has 0 aromatic carbocycles. The smallest absolute Gasteiger partial charge is 0.311 e. The van der Waals surface area contributed by atoms with Crippen LogP contribution in [0.25, 0.3) is 0 Å². The van der Waals surface area contributed by atoms with Crippen molar-refractivity contribution in [3.8, 4) is 0 Å². The molecule has 20 heavy (non-hydrogen) atoms. The molecular weight excluding hydrogens is 256 g/mol. The summed E-state index contributed by atoms with van der Waals surface area (Å²) in [6.07, 6.45) is 3.25. The lowest BCUT2D eigenvalue weighted by Gasteiger charge is -2.30. The molecule has 1 amide bonds. The van der Waals surface area contributed by atoms with Crippen LogP contribution in [0.4, 0.5) is 0 Å². The van der Waals surface area contributed by atoms with Gasteiger partial charge in [0.15, 0.2) is 0 Å². The molecule has 2 aliphatic carbocycles. The summed E-state index contributed by atoms with van der Waals surface area (Å²) < 4.78 is 4.92. The molecule has 0 spiro atoms. The molecule has 5 nitrogen and oxygen atoms in total. The van der Waals surface area contributed by atoms with Crippen molar-refractivity contribution in [3.05, 3.63) is 0 Å². The van der Waals surface area contributed by atoms with Gasteiger partial charge in [-0.2, -0.15) is 0 Å². The first kappa shape index (κ1) is 15.3. The molecule has 2 saturated carbocycles. The van der Waals surface area contributed by atoms with Gasteiger partial charge in [-0.15, -0.1) is 0 Å². The lowest BCUT2D eigenvalue weighted by atomic mass is 9.84. The largest absolute Gasteiger partial charge is 0.469 e. The van der Waals surface area contributed by atoms with Gasteiger partial charge in [-0.25, -0.2) is 0 Å². The molecule has 2 fully saturated rings. The van der Waals surface area contributed by atoms with Crippen molar-refractivity contribution in [2.24, 2.45) is 17.8 Å². The third-order valence-corrected chi connectivity index (χ3v) is 4.99. The van der Waals surface area contributed by atoms with E-state index in [1.54, 1.807) is 0 Å². The number of likely N-dealkylation sites (N-methyl/N-ethyl adjacent to an activating group) is 1. The molecule has 2 aliphatic rings. The van der Waals surface area contributed by atoms with E-state index >= 15 is 0 Å². The molecule has 1 N–H and O–H groups in total. The summed E-state index contributed by atoms with van der Waals surface area (Å²) in [6.45, 7) is 4.49. The van der Waals surface area contributed by atoms with Crippen LogP contribution in [0.1, 0.15) is 33.1 Å². The summed E-state index contributed by atoms with van der Waals surface area (Å²) in [6, 6.07) is 0.298. The van der Waals surface area contributed by atoms with Crippen LogP contribution in [-0.4, -0.2) is 49.6 Å². The number of rotatable bonds is 5. The number of amides is 1. The second-order valence-electron chi connectivity index (χ2n) is 6.48. The second kappa shape index (κ2) is 6.12. The van der Waals surface area contributed by atoms with E-state index in [2.05, 4.69) is 19.2 Å². The molecule has 0 saturated heterocycles. The lowest BCUT2D eigenvalue weighted by molar-refractivity contribution is -0.148. The van der Waals surface area contributed by atoms with Crippen LogP contribution >= 0.6 is 0 Å². The van der Waals surface area contributed by atoms with Gasteiger partial charge < -0.3 is 10.1 Å². The van der Waals surface area contributed by atoms with Crippen LogP contribution < -0.4 is 5.32 Å². The van der Waals surface area contributed by atoms with Crippen molar-refractivity contribution in [2.75, 3.05) is 20.7 Å². The van der Waals surface area contributed by atoms with E-state index in [0.717, 1.165) is 19.3 Å². The first-order valence-corrected chi connectivity index (χ1v) is 7.51. The molecule has 2 rings (SSSR count). The molecule has 0 aromatic rings. The number of hydrogen-bond donors (Lipinski definition) is 1. The van der Waals surface area contributed by atoms with Gasteiger partial charge >= 0.3 is 5.97 Å². The van der Waals surface area contributed by atoms with Crippen LogP contribution in [0.3, 0.4) is 0 Å². The van der Waals surface area contributed by atoms with Crippen molar-refractivity contribution in [1.82, 2.24) is 10.2 Å². The van der Waals surface area contributed by atoms with Crippen molar-refractivity contribution in [3.63, 3.8) is 0 Å². The third-order valence-electron chi connectivity index (χ3n) is 4.99. The highest BCUT2D eigenvalue weighted by Gasteiger charge is 2.51. The second-order valence-corrected chi connectivity index (χ2v) is 6.48. The van der Waals surface area contributed by atoms with E-state index in [-0.39, 0.29) is 23.8 Å². The quantitative estimate of drug-likeness (QED) is 0.765. The minimum absolute atomic E-state index is 0.00709. The van der Waals surface area contributed by atoms with Crippen LogP contribution in [0.5, 0.6) is 0 Å². The summed E-state index contributed by atoms with van der Waals surface area (Å²) in [7, 11) is 3.36. The molecule has 4 atom stereocenters. The van der Waals surface area contributed by atoms with E-state index in [4.69, 9.17) is 4.74 Å².